The Bertz CT molecular complexity index is 1250. The summed E-state index contributed by atoms with van der Waals surface area (Å²) in [5, 5.41) is 0. The SMILES string of the molecule is CCC12CC3CC(C1)CC(COP(=O)(COS(=O)(=O)c1ccc(C)cc1)OCC14CC5CC(CC(CC)(C5)C1)C4)(C3)C2. The van der Waals surface area contributed by atoms with Crippen LogP contribution in [0.3, 0.4) is 0 Å². The van der Waals surface area contributed by atoms with Crippen molar-refractivity contribution in [1.82, 2.24) is 0 Å². The van der Waals surface area contributed by atoms with Crippen LogP contribution in [0.2, 0.25) is 0 Å². The summed E-state index contributed by atoms with van der Waals surface area (Å²) in [5.41, 5.74) is 1.77. The monoisotopic (exact) mass is 618 g/mol. The molecule has 8 fully saturated rings. The lowest BCUT2D eigenvalue weighted by atomic mass is 9.44. The molecule has 0 spiro atoms. The van der Waals surface area contributed by atoms with Gasteiger partial charge in [-0.2, -0.15) is 8.42 Å². The molecule has 4 unspecified atom stereocenters. The van der Waals surface area contributed by atoms with Gasteiger partial charge >= 0.3 is 7.60 Å². The third-order valence-corrected chi connectivity index (χ3v) is 15.9. The van der Waals surface area contributed by atoms with Crippen molar-refractivity contribution in [3.8, 4) is 0 Å². The van der Waals surface area contributed by atoms with E-state index < -0.39 is 24.1 Å². The molecule has 0 saturated heterocycles. The van der Waals surface area contributed by atoms with Gasteiger partial charge < -0.3 is 9.05 Å². The van der Waals surface area contributed by atoms with E-state index in [4.69, 9.17) is 13.2 Å². The van der Waals surface area contributed by atoms with Crippen LogP contribution < -0.4 is 0 Å². The Kier molecular flexibility index (Phi) is 7.42. The summed E-state index contributed by atoms with van der Waals surface area (Å²) in [5.74, 6) is 2.91. The van der Waals surface area contributed by atoms with Crippen LogP contribution >= 0.6 is 7.60 Å². The van der Waals surface area contributed by atoms with Crippen LogP contribution in [0.25, 0.3) is 0 Å². The Morgan fingerprint density at radius 2 is 1.12 bits per heavy atom. The first-order chi connectivity index (χ1) is 19.9. The summed E-state index contributed by atoms with van der Waals surface area (Å²) >= 11 is 0. The molecule has 8 heteroatoms. The summed E-state index contributed by atoms with van der Waals surface area (Å²) in [6, 6.07) is 6.57. The largest absolute Gasteiger partial charge is 0.357 e. The lowest BCUT2D eigenvalue weighted by Gasteiger charge is -2.62. The minimum atomic E-state index is -4.10. The van der Waals surface area contributed by atoms with Gasteiger partial charge in [-0.25, -0.2) is 0 Å². The summed E-state index contributed by atoms with van der Waals surface area (Å²) in [6.07, 6.45) is 16.5. The standard InChI is InChI=1S/C34H51O6PS/c1-4-31-12-26-10-27(13-31)17-33(16-26,20-31)22-38-41(35,24-40-42(36,37)30-8-6-25(3)7-9-30)39-23-34-18-28-11-29(19-34)15-32(5-2,14-28)21-34/h6-9,26-29H,4-5,10-24H2,1-3H3. The van der Waals surface area contributed by atoms with E-state index in [1.807, 2.05) is 6.92 Å². The Morgan fingerprint density at radius 3 is 1.52 bits per heavy atom. The molecule has 0 aromatic heterocycles. The van der Waals surface area contributed by atoms with E-state index >= 15 is 0 Å². The molecule has 1 aromatic rings. The molecule has 234 valence electrons. The molecule has 6 nitrogen and oxygen atoms in total. The molecule has 1 aromatic carbocycles. The van der Waals surface area contributed by atoms with E-state index in [1.165, 1.54) is 63.5 Å². The van der Waals surface area contributed by atoms with E-state index in [9.17, 15) is 13.0 Å². The first kappa shape index (κ1) is 30.0. The number of hydrogen-bond donors (Lipinski definition) is 0. The molecule has 0 amide bonds. The molecule has 4 atom stereocenters. The van der Waals surface area contributed by atoms with Crippen molar-refractivity contribution in [3.63, 3.8) is 0 Å². The minimum Gasteiger partial charge on any atom is -0.306 e. The van der Waals surface area contributed by atoms with E-state index in [-0.39, 0.29) is 15.7 Å². The molecule has 8 bridgehead atoms. The van der Waals surface area contributed by atoms with Gasteiger partial charge in [0, 0.05) is 0 Å². The number of rotatable bonds is 12. The first-order valence-corrected chi connectivity index (χ1v) is 19.9. The molecule has 8 aliphatic rings. The zero-order valence-corrected chi connectivity index (χ0v) is 27.7. The van der Waals surface area contributed by atoms with Crippen LogP contribution in [0.5, 0.6) is 0 Å². The predicted molar refractivity (Wildman–Crippen MR) is 164 cm³/mol. The second-order valence-electron chi connectivity index (χ2n) is 16.3. The lowest BCUT2D eigenvalue weighted by Crippen LogP contribution is -2.53. The number of hydrogen-bond acceptors (Lipinski definition) is 6. The summed E-state index contributed by atoms with van der Waals surface area (Å²) in [6.45, 7) is 7.32. The van der Waals surface area contributed by atoms with Gasteiger partial charge in [-0.3, -0.25) is 8.75 Å². The van der Waals surface area contributed by atoms with Crippen molar-refractivity contribution in [3.05, 3.63) is 29.8 Å². The predicted octanol–water partition coefficient (Wildman–Crippen LogP) is 8.88. The third-order valence-electron chi connectivity index (χ3n) is 12.9. The highest BCUT2D eigenvalue weighted by Gasteiger charge is 2.59. The van der Waals surface area contributed by atoms with Crippen molar-refractivity contribution in [2.75, 3.05) is 19.6 Å². The van der Waals surface area contributed by atoms with E-state index in [0.717, 1.165) is 67.8 Å². The summed E-state index contributed by atoms with van der Waals surface area (Å²) < 4.78 is 59.2. The second-order valence-corrected chi connectivity index (χ2v) is 19.9. The number of aryl methyl sites for hydroxylation is 1. The number of benzene rings is 1. The van der Waals surface area contributed by atoms with Crippen LogP contribution in [0.15, 0.2) is 29.2 Å². The topological polar surface area (TPSA) is 78.9 Å². The molecule has 8 aliphatic carbocycles. The lowest BCUT2D eigenvalue weighted by molar-refractivity contribution is -0.135. The highest BCUT2D eigenvalue weighted by molar-refractivity contribution is 7.87. The summed E-state index contributed by atoms with van der Waals surface area (Å²) in [7, 11) is -7.95. The second kappa shape index (κ2) is 10.4. The molecule has 0 heterocycles. The highest BCUT2D eigenvalue weighted by atomic mass is 32.2. The molecule has 42 heavy (non-hydrogen) atoms. The van der Waals surface area contributed by atoms with Gasteiger partial charge in [-0.05, 0) is 141 Å². The quantitative estimate of drug-likeness (QED) is 0.172. The fraction of sp³-hybridized carbons (Fsp3) is 0.824. The van der Waals surface area contributed by atoms with Gasteiger partial charge in [0.25, 0.3) is 10.1 Å². The molecule has 0 aliphatic heterocycles. The summed E-state index contributed by atoms with van der Waals surface area (Å²) in [4.78, 5) is 0.0663. The van der Waals surface area contributed by atoms with Crippen LogP contribution in [0.4, 0.5) is 0 Å². The van der Waals surface area contributed by atoms with Gasteiger partial charge in [-0.15, -0.1) is 0 Å². The molecule has 0 radical (unpaired) electrons. The zero-order chi connectivity index (χ0) is 29.4. The molecule has 8 saturated carbocycles. The van der Waals surface area contributed by atoms with E-state index in [0.29, 0.717) is 24.0 Å². The van der Waals surface area contributed by atoms with Crippen molar-refractivity contribution >= 4 is 17.7 Å². The average molecular weight is 619 g/mol. The van der Waals surface area contributed by atoms with E-state index in [1.54, 1.807) is 12.1 Å². The Morgan fingerprint density at radius 1 is 0.714 bits per heavy atom. The molecular weight excluding hydrogens is 567 g/mol. The van der Waals surface area contributed by atoms with Crippen molar-refractivity contribution in [2.24, 2.45) is 45.3 Å². The normalized spacial score (nSPS) is 43.1. The van der Waals surface area contributed by atoms with Gasteiger partial charge in [0.2, 0.25) is 0 Å². The maximum Gasteiger partial charge on any atom is 0.357 e. The minimum absolute atomic E-state index is 0.0158. The van der Waals surface area contributed by atoms with Gasteiger partial charge in [-0.1, -0.05) is 44.4 Å². The smallest absolute Gasteiger partial charge is 0.306 e. The van der Waals surface area contributed by atoms with Crippen molar-refractivity contribution in [1.29, 1.82) is 0 Å². The maximum atomic E-state index is 14.6. The maximum absolute atomic E-state index is 14.6. The van der Waals surface area contributed by atoms with E-state index in [2.05, 4.69) is 13.8 Å². The third kappa shape index (κ3) is 5.50. The molecular formula is C34H51O6PS. The molecule has 0 N–H and O–H groups in total. The Balaban J connectivity index is 1.10. The van der Waals surface area contributed by atoms with Crippen molar-refractivity contribution < 1.29 is 26.2 Å². The average Bonchev–Trinajstić information content (AvgIpc) is 2.93. The molecule has 9 rings (SSSR count). The van der Waals surface area contributed by atoms with Gasteiger partial charge in [0.15, 0.2) is 6.35 Å². The fourth-order valence-electron chi connectivity index (χ4n) is 12.0. The Hall–Kier alpha value is -0.720. The van der Waals surface area contributed by atoms with Crippen LogP contribution in [-0.4, -0.2) is 28.0 Å². The zero-order valence-electron chi connectivity index (χ0n) is 25.9. The highest BCUT2D eigenvalue weighted by Crippen LogP contribution is 2.69. The van der Waals surface area contributed by atoms with Crippen LogP contribution in [0, 0.1) is 52.3 Å². The fourth-order valence-corrected chi connectivity index (χ4v) is 14.8. The first-order valence-electron chi connectivity index (χ1n) is 16.7. The van der Waals surface area contributed by atoms with Crippen LogP contribution in [0.1, 0.15) is 109 Å². The van der Waals surface area contributed by atoms with Crippen molar-refractivity contribution in [2.45, 2.75) is 116 Å². The Labute approximate surface area is 253 Å². The van der Waals surface area contributed by atoms with Gasteiger partial charge in [0.1, 0.15) is 0 Å². The van der Waals surface area contributed by atoms with Crippen LogP contribution in [-0.2, 0) is 27.9 Å². The van der Waals surface area contributed by atoms with Gasteiger partial charge in [0.05, 0.1) is 18.1 Å².